The lowest BCUT2D eigenvalue weighted by Crippen LogP contribution is -2.43. The normalized spacial score (nSPS) is 14.6. The summed E-state index contributed by atoms with van der Waals surface area (Å²) in [5.41, 5.74) is -0.970. The number of rotatable bonds is 6. The third kappa shape index (κ3) is 3.39. The predicted molar refractivity (Wildman–Crippen MR) is 68.6 cm³/mol. The van der Waals surface area contributed by atoms with Crippen LogP contribution in [0.1, 0.15) is 52.3 Å². The topological polar surface area (TPSA) is 75.1 Å². The molecule has 0 amide bonds. The first-order valence-corrected chi connectivity index (χ1v) is 6.51. The van der Waals surface area contributed by atoms with Gasteiger partial charge in [-0.15, -0.1) is 0 Å². The Bertz CT molecular complexity index is 392. The SMILES string of the molecule is CCCC(C)(Nc1nc(C(C)C)ns1)C(=O)O. The second kappa shape index (κ2) is 5.44. The Hall–Kier alpha value is -1.17. The summed E-state index contributed by atoms with van der Waals surface area (Å²) < 4.78 is 4.19. The number of anilines is 1. The van der Waals surface area contributed by atoms with Crippen molar-refractivity contribution < 1.29 is 9.90 Å². The maximum absolute atomic E-state index is 11.3. The standard InChI is InChI=1S/C11H19N3O2S/c1-5-6-11(4,9(15)16)13-10-12-8(7(2)3)14-17-10/h7H,5-6H2,1-4H3,(H,15,16)(H,12,13,14). The van der Waals surface area contributed by atoms with Crippen molar-refractivity contribution >= 4 is 22.6 Å². The summed E-state index contributed by atoms with van der Waals surface area (Å²) in [6, 6.07) is 0. The molecule has 0 aromatic carbocycles. The lowest BCUT2D eigenvalue weighted by molar-refractivity contribution is -0.141. The second-order valence-electron chi connectivity index (χ2n) is 4.62. The van der Waals surface area contributed by atoms with Crippen molar-refractivity contribution in [1.29, 1.82) is 0 Å². The van der Waals surface area contributed by atoms with Crippen LogP contribution < -0.4 is 5.32 Å². The van der Waals surface area contributed by atoms with Gasteiger partial charge in [0.1, 0.15) is 11.4 Å². The van der Waals surface area contributed by atoms with Gasteiger partial charge in [-0.1, -0.05) is 27.2 Å². The van der Waals surface area contributed by atoms with E-state index in [4.69, 9.17) is 0 Å². The minimum absolute atomic E-state index is 0.254. The highest BCUT2D eigenvalue weighted by atomic mass is 32.1. The second-order valence-corrected chi connectivity index (χ2v) is 5.38. The van der Waals surface area contributed by atoms with E-state index < -0.39 is 11.5 Å². The lowest BCUT2D eigenvalue weighted by atomic mass is 9.97. The van der Waals surface area contributed by atoms with Gasteiger partial charge in [0.25, 0.3) is 0 Å². The first-order valence-electron chi connectivity index (χ1n) is 5.74. The van der Waals surface area contributed by atoms with E-state index in [1.54, 1.807) is 6.92 Å². The summed E-state index contributed by atoms with van der Waals surface area (Å²) in [6.45, 7) is 7.65. The monoisotopic (exact) mass is 257 g/mol. The third-order valence-electron chi connectivity index (χ3n) is 2.56. The number of hydrogen-bond acceptors (Lipinski definition) is 5. The van der Waals surface area contributed by atoms with Gasteiger partial charge >= 0.3 is 5.97 Å². The smallest absolute Gasteiger partial charge is 0.329 e. The Morgan fingerprint density at radius 1 is 1.59 bits per heavy atom. The molecule has 1 rings (SSSR count). The van der Waals surface area contributed by atoms with Gasteiger partial charge in [-0.3, -0.25) is 0 Å². The number of nitrogens with one attached hydrogen (secondary N) is 1. The van der Waals surface area contributed by atoms with Crippen LogP contribution in [0.4, 0.5) is 5.13 Å². The molecule has 0 aliphatic carbocycles. The molecule has 0 saturated carbocycles. The predicted octanol–water partition coefficient (Wildman–Crippen LogP) is 2.72. The van der Waals surface area contributed by atoms with Crippen LogP contribution in [0.2, 0.25) is 0 Å². The van der Waals surface area contributed by atoms with Crippen LogP contribution in [0, 0.1) is 0 Å². The fraction of sp³-hybridized carbons (Fsp3) is 0.727. The summed E-state index contributed by atoms with van der Waals surface area (Å²) in [7, 11) is 0. The first kappa shape index (κ1) is 13.9. The molecule has 5 nitrogen and oxygen atoms in total. The average molecular weight is 257 g/mol. The maximum Gasteiger partial charge on any atom is 0.329 e. The van der Waals surface area contributed by atoms with Gasteiger partial charge in [-0.05, 0) is 13.3 Å². The van der Waals surface area contributed by atoms with Crippen LogP contribution in [0.25, 0.3) is 0 Å². The van der Waals surface area contributed by atoms with E-state index in [1.165, 1.54) is 11.5 Å². The highest BCUT2D eigenvalue weighted by Gasteiger charge is 2.33. The molecule has 1 heterocycles. The van der Waals surface area contributed by atoms with Gasteiger partial charge in [0.15, 0.2) is 0 Å². The maximum atomic E-state index is 11.3. The van der Waals surface area contributed by atoms with Crippen LogP contribution in [-0.4, -0.2) is 26.0 Å². The molecule has 17 heavy (non-hydrogen) atoms. The van der Waals surface area contributed by atoms with Gasteiger partial charge in [-0.2, -0.15) is 4.37 Å². The molecule has 0 bridgehead atoms. The zero-order valence-electron chi connectivity index (χ0n) is 10.6. The van der Waals surface area contributed by atoms with Crippen LogP contribution >= 0.6 is 11.5 Å². The molecule has 0 radical (unpaired) electrons. The molecule has 6 heteroatoms. The third-order valence-corrected chi connectivity index (χ3v) is 3.21. The summed E-state index contributed by atoms with van der Waals surface area (Å²) in [5.74, 6) is 0.145. The number of aliphatic carboxylic acids is 1. The molecule has 1 atom stereocenters. The van der Waals surface area contributed by atoms with Crippen molar-refractivity contribution in [3.05, 3.63) is 5.82 Å². The van der Waals surface area contributed by atoms with Crippen LogP contribution in [0.5, 0.6) is 0 Å². The van der Waals surface area contributed by atoms with Gasteiger partial charge in [0, 0.05) is 17.5 Å². The van der Waals surface area contributed by atoms with Crippen molar-refractivity contribution in [2.75, 3.05) is 5.32 Å². The number of carbonyl (C=O) groups is 1. The van der Waals surface area contributed by atoms with E-state index in [9.17, 15) is 9.90 Å². The average Bonchev–Trinajstić information content (AvgIpc) is 2.66. The molecular formula is C11H19N3O2S. The Kier molecular flexibility index (Phi) is 4.45. The molecule has 0 aliphatic rings. The molecule has 0 aliphatic heterocycles. The first-order chi connectivity index (χ1) is 7.89. The number of carboxylic acids is 1. The Morgan fingerprint density at radius 2 is 2.24 bits per heavy atom. The van der Waals surface area contributed by atoms with Gasteiger partial charge in [0.05, 0.1) is 0 Å². The Morgan fingerprint density at radius 3 is 2.65 bits per heavy atom. The zero-order chi connectivity index (χ0) is 13.1. The van der Waals surface area contributed by atoms with Crippen molar-refractivity contribution in [1.82, 2.24) is 9.36 Å². The van der Waals surface area contributed by atoms with Crippen molar-refractivity contribution in [2.45, 2.75) is 52.0 Å². The number of nitrogens with zero attached hydrogens (tertiary/aromatic N) is 2. The molecule has 2 N–H and O–H groups in total. The molecule has 1 aromatic rings. The van der Waals surface area contributed by atoms with E-state index in [-0.39, 0.29) is 5.92 Å². The zero-order valence-corrected chi connectivity index (χ0v) is 11.5. The summed E-state index contributed by atoms with van der Waals surface area (Å²) in [5, 5.41) is 12.8. The fourth-order valence-corrected chi connectivity index (χ4v) is 2.32. The minimum Gasteiger partial charge on any atom is -0.480 e. The fourth-order valence-electron chi connectivity index (χ4n) is 1.48. The summed E-state index contributed by atoms with van der Waals surface area (Å²) >= 11 is 1.21. The minimum atomic E-state index is -0.970. The van der Waals surface area contributed by atoms with Gasteiger partial charge < -0.3 is 10.4 Å². The molecule has 0 spiro atoms. The van der Waals surface area contributed by atoms with Gasteiger partial charge in [0.2, 0.25) is 5.13 Å². The van der Waals surface area contributed by atoms with E-state index in [0.29, 0.717) is 11.6 Å². The highest BCUT2D eigenvalue weighted by Crippen LogP contribution is 2.23. The molecule has 0 saturated heterocycles. The van der Waals surface area contributed by atoms with Crippen LogP contribution in [0.3, 0.4) is 0 Å². The van der Waals surface area contributed by atoms with Crippen molar-refractivity contribution in [3.8, 4) is 0 Å². The van der Waals surface area contributed by atoms with E-state index in [0.717, 1.165) is 12.2 Å². The quantitative estimate of drug-likeness (QED) is 0.819. The van der Waals surface area contributed by atoms with Crippen LogP contribution in [-0.2, 0) is 4.79 Å². The van der Waals surface area contributed by atoms with Crippen molar-refractivity contribution in [3.63, 3.8) is 0 Å². The molecule has 0 fully saturated rings. The van der Waals surface area contributed by atoms with E-state index >= 15 is 0 Å². The number of carboxylic acid groups (broad SMARTS) is 1. The lowest BCUT2D eigenvalue weighted by Gasteiger charge is -2.24. The van der Waals surface area contributed by atoms with Gasteiger partial charge in [-0.25, -0.2) is 9.78 Å². The summed E-state index contributed by atoms with van der Waals surface area (Å²) in [4.78, 5) is 15.5. The number of aromatic nitrogens is 2. The molecule has 1 aromatic heterocycles. The Balaban J connectivity index is 2.82. The number of hydrogen-bond donors (Lipinski definition) is 2. The largest absolute Gasteiger partial charge is 0.480 e. The highest BCUT2D eigenvalue weighted by molar-refractivity contribution is 7.09. The molecular weight excluding hydrogens is 238 g/mol. The Labute approximate surface area is 105 Å². The van der Waals surface area contributed by atoms with E-state index in [1.807, 2.05) is 20.8 Å². The van der Waals surface area contributed by atoms with E-state index in [2.05, 4.69) is 14.7 Å². The summed E-state index contributed by atoms with van der Waals surface area (Å²) in [6.07, 6.45) is 1.35. The molecule has 96 valence electrons. The van der Waals surface area contributed by atoms with Crippen molar-refractivity contribution in [2.24, 2.45) is 0 Å². The van der Waals surface area contributed by atoms with Crippen LogP contribution in [0.15, 0.2) is 0 Å². The molecule has 1 unspecified atom stereocenters.